The number of benzene rings is 1. The molecule has 4 rings (SSSR count). The quantitative estimate of drug-likeness (QED) is 0.650. The van der Waals surface area contributed by atoms with E-state index < -0.39 is 0 Å². The Balaban J connectivity index is 2.11. The van der Waals surface area contributed by atoms with Gasteiger partial charge >= 0.3 is 0 Å². The van der Waals surface area contributed by atoms with E-state index in [1.54, 1.807) is 11.3 Å². The Morgan fingerprint density at radius 1 is 1.22 bits per heavy atom. The molecule has 1 aromatic heterocycles. The van der Waals surface area contributed by atoms with Gasteiger partial charge in [0.2, 0.25) is 0 Å². The van der Waals surface area contributed by atoms with Crippen LogP contribution in [-0.2, 0) is 7.05 Å². The minimum absolute atomic E-state index is 0.658. The minimum Gasteiger partial charge on any atom is -0.347 e. The Bertz CT molecular complexity index is 647. The van der Waals surface area contributed by atoms with Gasteiger partial charge in [0.25, 0.3) is 0 Å². The molecule has 1 nitrogen and oxygen atoms in total. The zero-order valence-electron chi connectivity index (χ0n) is 11.1. The van der Waals surface area contributed by atoms with Gasteiger partial charge in [-0.3, -0.25) is 0 Å². The number of rotatable bonds is 1. The van der Waals surface area contributed by atoms with Gasteiger partial charge in [-0.05, 0) is 36.3 Å². The van der Waals surface area contributed by atoms with Crippen LogP contribution in [0.15, 0.2) is 36.4 Å². The van der Waals surface area contributed by atoms with Crippen molar-refractivity contribution < 1.29 is 0 Å². The maximum absolute atomic E-state index is 2.47. The van der Waals surface area contributed by atoms with Crippen LogP contribution in [0.3, 0.4) is 0 Å². The molecule has 0 saturated carbocycles. The number of allylic oxidation sites excluding steroid dienone is 2. The fourth-order valence-corrected chi connectivity index (χ4v) is 4.23. The summed E-state index contributed by atoms with van der Waals surface area (Å²) in [5.74, 6) is 2.16. The third-order valence-electron chi connectivity index (χ3n) is 4.99. The number of fused-ring (bicyclic) bond motifs is 6. The standard InChI is InChI=1S/C17H19N/c1-3-13-11-8-9-12(10-11)17-16(13)14-6-4-5-7-15(14)18(17)2/h4-9,11-13H,3,10H2,1-2H3/t11-,12+,13-/m1/s1. The first kappa shape index (κ1) is 10.4. The second kappa shape index (κ2) is 3.50. The Labute approximate surface area is 108 Å². The van der Waals surface area contributed by atoms with Gasteiger partial charge in [0.05, 0.1) is 0 Å². The lowest BCUT2D eigenvalue weighted by Crippen LogP contribution is -2.18. The van der Waals surface area contributed by atoms with Crippen molar-refractivity contribution in [2.75, 3.05) is 0 Å². The third kappa shape index (κ3) is 1.12. The third-order valence-corrected chi connectivity index (χ3v) is 4.99. The average Bonchev–Trinajstić information content (AvgIpc) is 2.94. The first-order valence-corrected chi connectivity index (χ1v) is 7.06. The molecule has 2 bridgehead atoms. The highest BCUT2D eigenvalue weighted by Gasteiger charge is 2.38. The smallest absolute Gasteiger partial charge is 0.0483 e. The van der Waals surface area contributed by atoms with Gasteiger partial charge in [-0.15, -0.1) is 0 Å². The summed E-state index contributed by atoms with van der Waals surface area (Å²) in [7, 11) is 2.24. The van der Waals surface area contributed by atoms with E-state index in [1.165, 1.54) is 23.7 Å². The Kier molecular flexibility index (Phi) is 2.03. The highest BCUT2D eigenvalue weighted by atomic mass is 15.0. The summed E-state index contributed by atoms with van der Waals surface area (Å²) in [6.07, 6.45) is 7.49. The number of para-hydroxylation sites is 1. The zero-order valence-corrected chi connectivity index (χ0v) is 11.1. The summed E-state index contributed by atoms with van der Waals surface area (Å²) < 4.78 is 2.43. The number of aromatic nitrogens is 1. The molecule has 0 spiro atoms. The normalized spacial score (nSPS) is 28.9. The fraction of sp³-hybridized carbons (Fsp3) is 0.412. The van der Waals surface area contributed by atoms with Gasteiger partial charge in [-0.1, -0.05) is 37.3 Å². The van der Waals surface area contributed by atoms with Crippen molar-refractivity contribution in [1.29, 1.82) is 0 Å². The number of hydrogen-bond donors (Lipinski definition) is 0. The lowest BCUT2D eigenvalue weighted by molar-refractivity contribution is 0.433. The fourth-order valence-electron chi connectivity index (χ4n) is 4.23. The summed E-state index contributed by atoms with van der Waals surface area (Å²) in [6, 6.07) is 8.90. The molecule has 0 aliphatic heterocycles. The van der Waals surface area contributed by atoms with Gasteiger partial charge in [0, 0.05) is 29.6 Å². The van der Waals surface area contributed by atoms with E-state index in [0.29, 0.717) is 5.92 Å². The van der Waals surface area contributed by atoms with Crippen molar-refractivity contribution in [1.82, 2.24) is 4.57 Å². The van der Waals surface area contributed by atoms with Gasteiger partial charge in [0.1, 0.15) is 0 Å². The van der Waals surface area contributed by atoms with Crippen LogP contribution in [0.5, 0.6) is 0 Å². The van der Waals surface area contributed by atoms with Crippen molar-refractivity contribution in [2.24, 2.45) is 13.0 Å². The molecule has 1 heterocycles. The van der Waals surface area contributed by atoms with Crippen LogP contribution >= 0.6 is 0 Å². The molecule has 0 N–H and O–H groups in total. The van der Waals surface area contributed by atoms with Crippen LogP contribution in [0.4, 0.5) is 0 Å². The van der Waals surface area contributed by atoms with Crippen LogP contribution in [0.1, 0.15) is 42.9 Å². The number of hydrogen-bond acceptors (Lipinski definition) is 0. The van der Waals surface area contributed by atoms with E-state index in [1.807, 2.05) is 0 Å². The largest absolute Gasteiger partial charge is 0.347 e. The van der Waals surface area contributed by atoms with E-state index in [0.717, 1.165) is 11.8 Å². The molecule has 2 aromatic rings. The molecule has 1 heteroatoms. The van der Waals surface area contributed by atoms with Gasteiger partial charge in [-0.2, -0.15) is 0 Å². The molecule has 18 heavy (non-hydrogen) atoms. The van der Waals surface area contributed by atoms with Crippen LogP contribution < -0.4 is 0 Å². The van der Waals surface area contributed by atoms with E-state index in [2.05, 4.69) is 55.0 Å². The van der Waals surface area contributed by atoms with E-state index in [4.69, 9.17) is 0 Å². The number of aryl methyl sites for hydroxylation is 1. The molecule has 2 aliphatic carbocycles. The molecule has 3 atom stereocenters. The molecule has 0 saturated heterocycles. The van der Waals surface area contributed by atoms with E-state index in [9.17, 15) is 0 Å². The Morgan fingerprint density at radius 3 is 2.89 bits per heavy atom. The molecule has 1 aromatic carbocycles. The second-order valence-corrected chi connectivity index (χ2v) is 5.78. The maximum atomic E-state index is 2.47. The Morgan fingerprint density at radius 2 is 2.06 bits per heavy atom. The molecule has 0 radical (unpaired) electrons. The Hall–Kier alpha value is -1.50. The lowest BCUT2D eigenvalue weighted by Gasteiger charge is -2.30. The summed E-state index contributed by atoms with van der Waals surface area (Å²) in [5, 5.41) is 1.49. The summed E-state index contributed by atoms with van der Waals surface area (Å²) in [6.45, 7) is 2.34. The van der Waals surface area contributed by atoms with Crippen LogP contribution in [0.25, 0.3) is 10.9 Å². The maximum Gasteiger partial charge on any atom is 0.0483 e. The van der Waals surface area contributed by atoms with Crippen molar-refractivity contribution >= 4 is 10.9 Å². The summed E-state index contributed by atoms with van der Waals surface area (Å²) in [4.78, 5) is 0. The zero-order chi connectivity index (χ0) is 12.3. The highest BCUT2D eigenvalue weighted by molar-refractivity contribution is 5.87. The van der Waals surface area contributed by atoms with Crippen LogP contribution in [-0.4, -0.2) is 4.57 Å². The predicted molar refractivity (Wildman–Crippen MR) is 75.9 cm³/mol. The van der Waals surface area contributed by atoms with Gasteiger partial charge in [-0.25, -0.2) is 0 Å². The van der Waals surface area contributed by atoms with E-state index >= 15 is 0 Å². The molecule has 0 unspecified atom stereocenters. The molecule has 0 fully saturated rings. The average molecular weight is 237 g/mol. The molecule has 0 amide bonds. The van der Waals surface area contributed by atoms with E-state index in [-0.39, 0.29) is 0 Å². The topological polar surface area (TPSA) is 4.93 Å². The van der Waals surface area contributed by atoms with Crippen molar-refractivity contribution in [3.05, 3.63) is 47.7 Å². The van der Waals surface area contributed by atoms with Crippen molar-refractivity contribution in [3.63, 3.8) is 0 Å². The van der Waals surface area contributed by atoms with Gasteiger partial charge in [0.15, 0.2) is 0 Å². The summed E-state index contributed by atoms with van der Waals surface area (Å²) >= 11 is 0. The lowest BCUT2D eigenvalue weighted by atomic mass is 9.75. The molecule has 2 aliphatic rings. The van der Waals surface area contributed by atoms with Gasteiger partial charge < -0.3 is 4.57 Å². The molecular weight excluding hydrogens is 218 g/mol. The van der Waals surface area contributed by atoms with Crippen molar-refractivity contribution in [2.45, 2.75) is 31.6 Å². The van der Waals surface area contributed by atoms with Crippen LogP contribution in [0.2, 0.25) is 0 Å². The molecule has 92 valence electrons. The highest BCUT2D eigenvalue weighted by Crippen LogP contribution is 2.52. The number of nitrogens with zero attached hydrogens (tertiary/aromatic N) is 1. The summed E-state index contributed by atoms with van der Waals surface area (Å²) in [5.41, 5.74) is 4.62. The minimum atomic E-state index is 0.658. The van der Waals surface area contributed by atoms with Crippen LogP contribution in [0, 0.1) is 5.92 Å². The second-order valence-electron chi connectivity index (χ2n) is 5.78. The monoisotopic (exact) mass is 237 g/mol. The van der Waals surface area contributed by atoms with Crippen molar-refractivity contribution in [3.8, 4) is 0 Å². The first-order chi connectivity index (χ1) is 8.81. The predicted octanol–water partition coefficient (Wildman–Crippen LogP) is 4.35. The first-order valence-electron chi connectivity index (χ1n) is 7.06. The SMILES string of the molecule is CC[C@H]1c2c(n(C)c3ccccc23)[C@H]2C=C[C@@H]1C2. The molecular formula is C17H19N.